The number of benzene rings is 2. The summed E-state index contributed by atoms with van der Waals surface area (Å²) in [5.74, 6) is -0.627. The standard InChI is InChI=1S/C22H22F7NO/c1-12(14-9-15(21(24,25)26)11-16(10-14)22(27,28)29)31-19-8-7-18(30-2)20(19)13-3-5-17(23)6-4-13/h3-6,9-12,18-20,30H,7-8H2,1-2H3/t12?,18-,19+,20+/m1/s1. The second-order valence-corrected chi connectivity index (χ2v) is 7.71. The minimum absolute atomic E-state index is 0.0186. The third-order valence-corrected chi connectivity index (χ3v) is 5.68. The largest absolute Gasteiger partial charge is 0.416 e. The summed E-state index contributed by atoms with van der Waals surface area (Å²) in [6.07, 6.45) is -10.0. The molecule has 31 heavy (non-hydrogen) atoms. The van der Waals surface area contributed by atoms with Crippen molar-refractivity contribution < 1.29 is 35.5 Å². The van der Waals surface area contributed by atoms with Gasteiger partial charge in [0, 0.05) is 12.0 Å². The lowest BCUT2D eigenvalue weighted by Gasteiger charge is -2.28. The summed E-state index contributed by atoms with van der Waals surface area (Å²) < 4.78 is 98.3. The molecule has 0 amide bonds. The van der Waals surface area contributed by atoms with Gasteiger partial charge in [-0.15, -0.1) is 0 Å². The molecule has 1 aliphatic carbocycles. The molecule has 1 saturated carbocycles. The average molecular weight is 449 g/mol. The summed E-state index contributed by atoms with van der Waals surface area (Å²) in [4.78, 5) is 0. The Labute approximate surface area is 175 Å². The summed E-state index contributed by atoms with van der Waals surface area (Å²) in [5.41, 5.74) is -2.16. The first-order valence-corrected chi connectivity index (χ1v) is 9.77. The third-order valence-electron chi connectivity index (χ3n) is 5.68. The Hall–Kier alpha value is -2.13. The monoisotopic (exact) mass is 449 g/mol. The molecule has 0 bridgehead atoms. The summed E-state index contributed by atoms with van der Waals surface area (Å²) >= 11 is 0. The Kier molecular flexibility index (Phi) is 6.67. The fourth-order valence-corrected chi connectivity index (χ4v) is 4.13. The Morgan fingerprint density at radius 2 is 1.45 bits per heavy atom. The van der Waals surface area contributed by atoms with E-state index in [1.807, 2.05) is 0 Å². The maximum absolute atomic E-state index is 13.3. The zero-order chi connectivity index (χ0) is 23.0. The predicted molar refractivity (Wildman–Crippen MR) is 101 cm³/mol. The molecule has 9 heteroatoms. The number of rotatable bonds is 5. The molecule has 4 atom stereocenters. The lowest BCUT2D eigenvalue weighted by molar-refractivity contribution is -0.143. The van der Waals surface area contributed by atoms with Crippen molar-refractivity contribution in [2.75, 3.05) is 7.05 Å². The smallest absolute Gasteiger partial charge is 0.370 e. The molecule has 0 aromatic heterocycles. The highest BCUT2D eigenvalue weighted by molar-refractivity contribution is 5.35. The summed E-state index contributed by atoms with van der Waals surface area (Å²) in [7, 11) is 1.76. The molecule has 0 aliphatic heterocycles. The van der Waals surface area contributed by atoms with Crippen molar-refractivity contribution in [3.8, 4) is 0 Å². The summed E-state index contributed by atoms with van der Waals surface area (Å²) in [5, 5.41) is 3.16. The molecular weight excluding hydrogens is 427 g/mol. The van der Waals surface area contributed by atoms with Crippen LogP contribution in [-0.4, -0.2) is 19.2 Å². The number of hydrogen-bond donors (Lipinski definition) is 1. The van der Waals surface area contributed by atoms with E-state index in [0.717, 1.165) is 5.56 Å². The van der Waals surface area contributed by atoms with E-state index in [1.54, 1.807) is 19.2 Å². The first-order valence-electron chi connectivity index (χ1n) is 9.77. The topological polar surface area (TPSA) is 21.3 Å². The predicted octanol–water partition coefficient (Wildman–Crippen LogP) is 6.48. The number of halogens is 7. The quantitative estimate of drug-likeness (QED) is 0.528. The third kappa shape index (κ3) is 5.38. The van der Waals surface area contributed by atoms with Crippen LogP contribution in [0.5, 0.6) is 0 Å². The molecule has 2 aromatic rings. The number of alkyl halides is 6. The zero-order valence-corrected chi connectivity index (χ0v) is 16.8. The minimum atomic E-state index is -4.92. The van der Waals surface area contributed by atoms with Crippen LogP contribution in [0.3, 0.4) is 0 Å². The van der Waals surface area contributed by atoms with Crippen LogP contribution in [0.25, 0.3) is 0 Å². The van der Waals surface area contributed by atoms with E-state index in [4.69, 9.17) is 4.74 Å². The van der Waals surface area contributed by atoms with Crippen LogP contribution in [0.15, 0.2) is 42.5 Å². The molecular formula is C22H22F7NO. The van der Waals surface area contributed by atoms with Crippen molar-refractivity contribution in [1.82, 2.24) is 5.32 Å². The van der Waals surface area contributed by atoms with Crippen LogP contribution in [0, 0.1) is 5.82 Å². The normalized spacial score (nSPS) is 23.2. The molecule has 1 N–H and O–H groups in total. The van der Waals surface area contributed by atoms with Gasteiger partial charge < -0.3 is 10.1 Å². The molecule has 0 heterocycles. The second kappa shape index (κ2) is 8.78. The van der Waals surface area contributed by atoms with Crippen molar-refractivity contribution in [2.24, 2.45) is 0 Å². The lowest BCUT2D eigenvalue weighted by atomic mass is 9.92. The molecule has 2 nitrogen and oxygen atoms in total. The molecule has 1 fully saturated rings. The van der Waals surface area contributed by atoms with Crippen molar-refractivity contribution in [2.45, 2.75) is 56.3 Å². The molecule has 2 aromatic carbocycles. The van der Waals surface area contributed by atoms with Crippen molar-refractivity contribution in [1.29, 1.82) is 0 Å². The van der Waals surface area contributed by atoms with E-state index in [0.29, 0.717) is 25.0 Å². The van der Waals surface area contributed by atoms with Gasteiger partial charge in [0.25, 0.3) is 0 Å². The highest BCUT2D eigenvalue weighted by Gasteiger charge is 2.40. The minimum Gasteiger partial charge on any atom is -0.370 e. The van der Waals surface area contributed by atoms with Crippen molar-refractivity contribution in [3.05, 3.63) is 70.5 Å². The van der Waals surface area contributed by atoms with Crippen LogP contribution in [0.2, 0.25) is 0 Å². The number of nitrogens with one attached hydrogen (secondary N) is 1. The Balaban J connectivity index is 1.90. The van der Waals surface area contributed by atoms with Crippen LogP contribution < -0.4 is 5.32 Å². The van der Waals surface area contributed by atoms with E-state index in [2.05, 4.69) is 5.32 Å². The van der Waals surface area contributed by atoms with Gasteiger partial charge in [0.1, 0.15) is 5.82 Å². The van der Waals surface area contributed by atoms with Gasteiger partial charge in [-0.2, -0.15) is 26.3 Å². The van der Waals surface area contributed by atoms with Crippen molar-refractivity contribution >= 4 is 0 Å². The number of likely N-dealkylation sites (N-methyl/N-ethyl adjacent to an activating group) is 1. The first kappa shape index (κ1) is 23.5. The molecule has 170 valence electrons. The van der Waals surface area contributed by atoms with E-state index in [-0.39, 0.29) is 23.6 Å². The van der Waals surface area contributed by atoms with Gasteiger partial charge in [-0.1, -0.05) is 12.1 Å². The molecule has 0 saturated heterocycles. The van der Waals surface area contributed by atoms with Gasteiger partial charge in [-0.25, -0.2) is 4.39 Å². The van der Waals surface area contributed by atoms with E-state index < -0.39 is 41.5 Å². The fourth-order valence-electron chi connectivity index (χ4n) is 4.13. The molecule has 1 unspecified atom stereocenters. The fraction of sp³-hybridized carbons (Fsp3) is 0.455. The van der Waals surface area contributed by atoms with Gasteiger partial charge in [-0.05, 0) is 68.3 Å². The lowest BCUT2D eigenvalue weighted by Crippen LogP contribution is -2.32. The maximum atomic E-state index is 13.3. The van der Waals surface area contributed by atoms with Crippen LogP contribution in [-0.2, 0) is 17.1 Å². The Morgan fingerprint density at radius 3 is 1.94 bits per heavy atom. The van der Waals surface area contributed by atoms with Crippen molar-refractivity contribution in [3.63, 3.8) is 0 Å². The molecule has 3 rings (SSSR count). The van der Waals surface area contributed by atoms with Crippen LogP contribution in [0.1, 0.15) is 54.0 Å². The van der Waals surface area contributed by atoms with Gasteiger partial charge in [0.15, 0.2) is 0 Å². The average Bonchev–Trinajstić information content (AvgIpc) is 3.09. The van der Waals surface area contributed by atoms with E-state index >= 15 is 0 Å². The molecule has 0 spiro atoms. The Bertz CT molecular complexity index is 860. The Morgan fingerprint density at radius 1 is 0.903 bits per heavy atom. The highest BCUT2D eigenvalue weighted by Crippen LogP contribution is 2.41. The zero-order valence-electron chi connectivity index (χ0n) is 16.8. The SMILES string of the molecule is CN[C@@H]1CC[C@H](OC(C)c2cc(C(F)(F)F)cc(C(F)(F)F)c2)[C@H]1c1ccc(F)cc1. The second-order valence-electron chi connectivity index (χ2n) is 7.71. The molecule has 1 aliphatic rings. The number of ether oxygens (including phenoxy) is 1. The van der Waals surface area contributed by atoms with Gasteiger partial charge >= 0.3 is 12.4 Å². The molecule has 0 radical (unpaired) electrons. The summed E-state index contributed by atoms with van der Waals surface area (Å²) in [6.45, 7) is 1.43. The van der Waals surface area contributed by atoms with Gasteiger partial charge in [-0.3, -0.25) is 0 Å². The van der Waals surface area contributed by atoms with E-state index in [1.165, 1.54) is 19.1 Å². The number of hydrogen-bond acceptors (Lipinski definition) is 2. The maximum Gasteiger partial charge on any atom is 0.416 e. The van der Waals surface area contributed by atoms with E-state index in [9.17, 15) is 30.7 Å². The van der Waals surface area contributed by atoms with Gasteiger partial charge in [0.05, 0.1) is 23.3 Å². The van der Waals surface area contributed by atoms with Crippen LogP contribution >= 0.6 is 0 Å². The van der Waals surface area contributed by atoms with Gasteiger partial charge in [0.2, 0.25) is 0 Å². The summed E-state index contributed by atoms with van der Waals surface area (Å²) in [6, 6.07) is 7.31. The van der Waals surface area contributed by atoms with Crippen LogP contribution in [0.4, 0.5) is 30.7 Å². The first-order chi connectivity index (χ1) is 14.4. The highest BCUT2D eigenvalue weighted by atomic mass is 19.4.